The second-order valence-electron chi connectivity index (χ2n) is 5.32. The number of nitrogens with zero attached hydrogens (tertiary/aromatic N) is 2. The first kappa shape index (κ1) is 17.1. The molecule has 2 N–H and O–H groups in total. The van der Waals surface area contributed by atoms with Gasteiger partial charge >= 0.3 is 5.97 Å². The van der Waals surface area contributed by atoms with Crippen LogP contribution in [0.3, 0.4) is 0 Å². The number of hydrogen-bond donors (Lipinski definition) is 2. The predicted molar refractivity (Wildman–Crippen MR) is 97.5 cm³/mol. The van der Waals surface area contributed by atoms with Crippen LogP contribution in [-0.2, 0) is 4.74 Å². The molecule has 26 heavy (non-hydrogen) atoms. The molecule has 0 radical (unpaired) electrons. The Morgan fingerprint density at radius 1 is 0.885 bits per heavy atom. The maximum Gasteiger partial charge on any atom is 0.337 e. The maximum absolute atomic E-state index is 12.3. The van der Waals surface area contributed by atoms with Crippen LogP contribution in [0.5, 0.6) is 0 Å². The Morgan fingerprint density at radius 2 is 1.65 bits per heavy atom. The van der Waals surface area contributed by atoms with Gasteiger partial charge in [-0.15, -0.1) is 10.2 Å². The lowest BCUT2D eigenvalue weighted by Crippen LogP contribution is -2.15. The molecule has 0 aliphatic heterocycles. The molecule has 0 aliphatic rings. The third-order valence-electron chi connectivity index (χ3n) is 3.48. The summed E-state index contributed by atoms with van der Waals surface area (Å²) in [5.74, 6) is -0.372. The van der Waals surface area contributed by atoms with E-state index in [4.69, 9.17) is 0 Å². The van der Waals surface area contributed by atoms with Gasteiger partial charge in [0, 0.05) is 11.4 Å². The van der Waals surface area contributed by atoms with Crippen molar-refractivity contribution in [1.29, 1.82) is 0 Å². The molecule has 0 spiro atoms. The number of hydrogen-bond acceptors (Lipinski definition) is 6. The van der Waals surface area contributed by atoms with Gasteiger partial charge < -0.3 is 15.4 Å². The number of esters is 1. The number of carbonyl (C=O) groups is 2. The van der Waals surface area contributed by atoms with Crippen LogP contribution in [-0.4, -0.2) is 29.2 Å². The van der Waals surface area contributed by atoms with E-state index in [1.165, 1.54) is 13.2 Å². The summed E-state index contributed by atoms with van der Waals surface area (Å²) in [6.45, 7) is 0. The van der Waals surface area contributed by atoms with E-state index in [0.717, 1.165) is 5.69 Å². The van der Waals surface area contributed by atoms with Crippen molar-refractivity contribution < 1.29 is 14.3 Å². The predicted octanol–water partition coefficient (Wildman–Crippen LogP) is 3.26. The average molecular weight is 348 g/mol. The lowest BCUT2D eigenvalue weighted by atomic mass is 10.2. The van der Waals surface area contributed by atoms with Crippen LogP contribution in [0.2, 0.25) is 0 Å². The SMILES string of the molecule is COC(=O)c1cccc(NC(=O)c2ccc(Nc3ccccc3)nn2)c1. The Bertz CT molecular complexity index is 912. The zero-order valence-electron chi connectivity index (χ0n) is 14.0. The van der Waals surface area contributed by atoms with Gasteiger partial charge in [-0.05, 0) is 42.5 Å². The number of nitrogens with one attached hydrogen (secondary N) is 2. The van der Waals surface area contributed by atoms with Gasteiger partial charge in [0.1, 0.15) is 0 Å². The highest BCUT2D eigenvalue weighted by Gasteiger charge is 2.11. The molecule has 0 unspecified atom stereocenters. The summed E-state index contributed by atoms with van der Waals surface area (Å²) in [6, 6.07) is 19.2. The van der Waals surface area contributed by atoms with Crippen molar-refractivity contribution in [2.45, 2.75) is 0 Å². The number of methoxy groups -OCH3 is 1. The van der Waals surface area contributed by atoms with Gasteiger partial charge in [0.2, 0.25) is 0 Å². The summed E-state index contributed by atoms with van der Waals surface area (Å²) >= 11 is 0. The van der Waals surface area contributed by atoms with Crippen molar-refractivity contribution >= 4 is 29.1 Å². The molecule has 0 bridgehead atoms. The molecule has 1 amide bonds. The number of aromatic nitrogens is 2. The highest BCUT2D eigenvalue weighted by atomic mass is 16.5. The van der Waals surface area contributed by atoms with Gasteiger partial charge in [-0.2, -0.15) is 0 Å². The summed E-state index contributed by atoms with van der Waals surface area (Å²) in [6.07, 6.45) is 0. The normalized spacial score (nSPS) is 10.0. The molecule has 1 heterocycles. The van der Waals surface area contributed by atoms with Gasteiger partial charge in [-0.3, -0.25) is 4.79 Å². The molecule has 7 heteroatoms. The number of ether oxygens (including phenoxy) is 1. The number of rotatable bonds is 5. The molecule has 0 saturated carbocycles. The fraction of sp³-hybridized carbons (Fsp3) is 0.0526. The summed E-state index contributed by atoms with van der Waals surface area (Å²) in [5, 5.41) is 13.7. The molecular formula is C19H16N4O3. The Balaban J connectivity index is 1.68. The number of anilines is 3. The Kier molecular flexibility index (Phi) is 5.19. The van der Waals surface area contributed by atoms with E-state index in [0.29, 0.717) is 17.1 Å². The zero-order valence-corrected chi connectivity index (χ0v) is 14.0. The standard InChI is InChI=1S/C19H16N4O3/c1-26-19(25)13-6-5-9-15(12-13)21-18(24)16-10-11-17(23-22-16)20-14-7-3-2-4-8-14/h2-12H,1H3,(H,20,23)(H,21,24). The molecule has 0 fully saturated rings. The molecule has 1 aromatic heterocycles. The minimum Gasteiger partial charge on any atom is -0.465 e. The first-order valence-corrected chi connectivity index (χ1v) is 7.81. The molecule has 0 aliphatic carbocycles. The van der Waals surface area contributed by atoms with E-state index in [-0.39, 0.29) is 5.69 Å². The van der Waals surface area contributed by atoms with E-state index in [1.54, 1.807) is 30.3 Å². The molecule has 0 atom stereocenters. The fourth-order valence-electron chi connectivity index (χ4n) is 2.23. The summed E-state index contributed by atoms with van der Waals surface area (Å²) in [4.78, 5) is 23.8. The van der Waals surface area contributed by atoms with E-state index in [2.05, 4.69) is 25.6 Å². The quantitative estimate of drug-likeness (QED) is 0.688. The Labute approximate surface area is 150 Å². The van der Waals surface area contributed by atoms with Gasteiger partial charge in [0.25, 0.3) is 5.91 Å². The third-order valence-corrected chi connectivity index (χ3v) is 3.48. The summed E-state index contributed by atoms with van der Waals surface area (Å²) < 4.78 is 4.66. The molecular weight excluding hydrogens is 332 g/mol. The molecule has 7 nitrogen and oxygen atoms in total. The number of para-hydroxylation sites is 1. The van der Waals surface area contributed by atoms with E-state index >= 15 is 0 Å². The van der Waals surface area contributed by atoms with Crippen molar-refractivity contribution in [1.82, 2.24) is 10.2 Å². The summed E-state index contributed by atoms with van der Waals surface area (Å²) in [5.41, 5.74) is 1.84. The van der Waals surface area contributed by atoms with E-state index in [1.807, 2.05) is 30.3 Å². The number of amides is 1. The van der Waals surface area contributed by atoms with Crippen molar-refractivity contribution in [2.75, 3.05) is 17.7 Å². The van der Waals surface area contributed by atoms with Crippen LogP contribution >= 0.6 is 0 Å². The van der Waals surface area contributed by atoms with Gasteiger partial charge in [-0.25, -0.2) is 4.79 Å². The maximum atomic E-state index is 12.3. The Morgan fingerprint density at radius 3 is 2.35 bits per heavy atom. The highest BCUT2D eigenvalue weighted by molar-refractivity contribution is 6.03. The van der Waals surface area contributed by atoms with E-state index < -0.39 is 11.9 Å². The third kappa shape index (κ3) is 4.21. The van der Waals surface area contributed by atoms with Gasteiger partial charge in [0.05, 0.1) is 12.7 Å². The van der Waals surface area contributed by atoms with Crippen molar-refractivity contribution in [2.24, 2.45) is 0 Å². The number of benzene rings is 2. The zero-order chi connectivity index (χ0) is 18.4. The molecule has 3 rings (SSSR count). The van der Waals surface area contributed by atoms with Crippen molar-refractivity contribution in [3.63, 3.8) is 0 Å². The van der Waals surface area contributed by atoms with Crippen LogP contribution in [0.4, 0.5) is 17.2 Å². The molecule has 2 aromatic carbocycles. The van der Waals surface area contributed by atoms with Crippen LogP contribution in [0.25, 0.3) is 0 Å². The number of carbonyl (C=O) groups excluding carboxylic acids is 2. The van der Waals surface area contributed by atoms with E-state index in [9.17, 15) is 9.59 Å². The molecule has 3 aromatic rings. The topological polar surface area (TPSA) is 93.2 Å². The van der Waals surface area contributed by atoms with Gasteiger partial charge in [-0.1, -0.05) is 24.3 Å². The lowest BCUT2D eigenvalue weighted by Gasteiger charge is -2.07. The van der Waals surface area contributed by atoms with Gasteiger partial charge in [0.15, 0.2) is 11.5 Å². The largest absolute Gasteiger partial charge is 0.465 e. The van der Waals surface area contributed by atoms with Crippen LogP contribution in [0.1, 0.15) is 20.8 Å². The van der Waals surface area contributed by atoms with Crippen molar-refractivity contribution in [3.8, 4) is 0 Å². The fourth-order valence-corrected chi connectivity index (χ4v) is 2.23. The average Bonchev–Trinajstić information content (AvgIpc) is 2.69. The molecule has 130 valence electrons. The second kappa shape index (κ2) is 7.89. The highest BCUT2D eigenvalue weighted by Crippen LogP contribution is 2.15. The smallest absolute Gasteiger partial charge is 0.337 e. The first-order valence-electron chi connectivity index (χ1n) is 7.81. The lowest BCUT2D eigenvalue weighted by molar-refractivity contribution is 0.0600. The minimum atomic E-state index is -0.475. The summed E-state index contributed by atoms with van der Waals surface area (Å²) in [7, 11) is 1.30. The second-order valence-corrected chi connectivity index (χ2v) is 5.32. The minimum absolute atomic E-state index is 0.159. The molecule has 0 saturated heterocycles. The Hall–Kier alpha value is -3.74. The van der Waals surface area contributed by atoms with Crippen LogP contribution in [0.15, 0.2) is 66.7 Å². The van der Waals surface area contributed by atoms with Crippen LogP contribution in [0, 0.1) is 0 Å². The monoisotopic (exact) mass is 348 g/mol. The van der Waals surface area contributed by atoms with Crippen LogP contribution < -0.4 is 10.6 Å². The van der Waals surface area contributed by atoms with Crippen molar-refractivity contribution in [3.05, 3.63) is 78.0 Å². The first-order chi connectivity index (χ1) is 12.7.